The number of imidazole rings is 1. The highest BCUT2D eigenvalue weighted by Crippen LogP contribution is 2.27. The summed E-state index contributed by atoms with van der Waals surface area (Å²) in [6, 6.07) is 13.3. The van der Waals surface area contributed by atoms with E-state index in [0.717, 1.165) is 27.7 Å². The normalized spacial score (nSPS) is 11.5. The zero-order valence-corrected chi connectivity index (χ0v) is 18.4. The number of para-hydroxylation sites is 1. The highest BCUT2D eigenvalue weighted by Gasteiger charge is 2.32. The van der Waals surface area contributed by atoms with Crippen LogP contribution in [-0.2, 0) is 17.8 Å². The number of hydrogen-bond donors (Lipinski definition) is 1. The van der Waals surface area contributed by atoms with Crippen LogP contribution in [0.4, 0.5) is 13.2 Å². The predicted molar refractivity (Wildman–Crippen MR) is 118 cm³/mol. The van der Waals surface area contributed by atoms with Gasteiger partial charge >= 0.3 is 6.36 Å². The molecule has 4 rings (SSSR count). The number of aromatic nitrogens is 2. The summed E-state index contributed by atoms with van der Waals surface area (Å²) in [5.41, 5.74) is 2.66. The topological polar surface area (TPSA) is 64.9 Å². The second kappa shape index (κ2) is 9.53. The minimum Gasteiger partial charge on any atom is -0.494 e. The van der Waals surface area contributed by atoms with Crippen molar-refractivity contribution in [1.82, 2.24) is 14.7 Å². The number of hydrogen-bond acceptors (Lipinski definition) is 5. The molecule has 0 aliphatic heterocycles. The maximum Gasteiger partial charge on any atom is 0.573 e. The van der Waals surface area contributed by atoms with Crippen LogP contribution >= 0.6 is 11.3 Å². The van der Waals surface area contributed by atoms with Crippen molar-refractivity contribution in [3.8, 4) is 22.8 Å². The lowest BCUT2D eigenvalue weighted by Crippen LogP contribution is -2.26. The van der Waals surface area contributed by atoms with Crippen LogP contribution in [0.25, 0.3) is 16.2 Å². The van der Waals surface area contributed by atoms with Gasteiger partial charge in [0.15, 0.2) is 4.96 Å². The predicted octanol–water partition coefficient (Wildman–Crippen LogP) is 5.22. The zero-order valence-electron chi connectivity index (χ0n) is 17.6. The molecule has 0 saturated heterocycles. The fraction of sp³-hybridized carbons (Fsp3) is 0.217. The van der Waals surface area contributed by atoms with Crippen molar-refractivity contribution in [3.05, 3.63) is 71.4 Å². The zero-order chi connectivity index (χ0) is 23.4. The number of rotatable bonds is 8. The van der Waals surface area contributed by atoms with Crippen molar-refractivity contribution < 1.29 is 27.4 Å². The van der Waals surface area contributed by atoms with Crippen molar-refractivity contribution in [2.75, 3.05) is 6.61 Å². The second-order valence-corrected chi connectivity index (χ2v) is 7.91. The Morgan fingerprint density at radius 1 is 1.15 bits per heavy atom. The van der Waals surface area contributed by atoms with Crippen LogP contribution in [0, 0.1) is 0 Å². The molecule has 0 bridgehead atoms. The molecule has 0 radical (unpaired) electrons. The molecular weight excluding hydrogens is 455 g/mol. The number of fused-ring (bicyclic) bond motifs is 1. The smallest absolute Gasteiger partial charge is 0.494 e. The van der Waals surface area contributed by atoms with E-state index in [1.54, 1.807) is 6.07 Å². The van der Waals surface area contributed by atoms with Crippen molar-refractivity contribution >= 4 is 22.2 Å². The third kappa shape index (κ3) is 5.64. The molecule has 0 aliphatic carbocycles. The Hall–Kier alpha value is -3.53. The molecule has 33 heavy (non-hydrogen) atoms. The van der Waals surface area contributed by atoms with Crippen molar-refractivity contribution in [1.29, 1.82) is 0 Å². The van der Waals surface area contributed by atoms with Gasteiger partial charge in [-0.1, -0.05) is 18.2 Å². The van der Waals surface area contributed by atoms with Crippen LogP contribution in [0.1, 0.15) is 18.2 Å². The van der Waals surface area contributed by atoms with E-state index in [2.05, 4.69) is 15.0 Å². The van der Waals surface area contributed by atoms with Gasteiger partial charge in [-0.3, -0.25) is 9.20 Å². The molecule has 2 aromatic carbocycles. The van der Waals surface area contributed by atoms with E-state index in [1.165, 1.54) is 29.5 Å². The van der Waals surface area contributed by atoms with E-state index in [-0.39, 0.29) is 30.2 Å². The monoisotopic (exact) mass is 475 g/mol. The molecule has 0 saturated carbocycles. The molecule has 172 valence electrons. The van der Waals surface area contributed by atoms with Crippen LogP contribution in [0.3, 0.4) is 0 Å². The van der Waals surface area contributed by atoms with Gasteiger partial charge in [0.25, 0.3) is 0 Å². The third-order valence-electron chi connectivity index (χ3n) is 4.76. The summed E-state index contributed by atoms with van der Waals surface area (Å²) < 4.78 is 49.1. The molecule has 0 spiro atoms. The Labute approximate surface area is 191 Å². The van der Waals surface area contributed by atoms with E-state index in [9.17, 15) is 18.0 Å². The first-order valence-corrected chi connectivity index (χ1v) is 11.0. The summed E-state index contributed by atoms with van der Waals surface area (Å²) in [6.07, 6.45) is -2.89. The van der Waals surface area contributed by atoms with Crippen LogP contribution < -0.4 is 14.8 Å². The molecule has 2 heterocycles. The van der Waals surface area contributed by atoms with Gasteiger partial charge in [-0.25, -0.2) is 4.98 Å². The molecular formula is C23H20F3N3O3S. The summed E-state index contributed by atoms with van der Waals surface area (Å²) in [5, 5.41) is 4.49. The minimum atomic E-state index is -4.80. The molecule has 10 heteroatoms. The van der Waals surface area contributed by atoms with Crippen LogP contribution in [0.15, 0.2) is 60.1 Å². The Balaban J connectivity index is 1.43. The molecule has 0 fully saturated rings. The fourth-order valence-electron chi connectivity index (χ4n) is 3.28. The van der Waals surface area contributed by atoms with Crippen LogP contribution in [-0.4, -0.2) is 28.3 Å². The molecule has 1 N–H and O–H groups in total. The summed E-state index contributed by atoms with van der Waals surface area (Å²) in [7, 11) is 0. The third-order valence-corrected chi connectivity index (χ3v) is 5.65. The van der Waals surface area contributed by atoms with E-state index >= 15 is 0 Å². The van der Waals surface area contributed by atoms with E-state index in [0.29, 0.717) is 6.61 Å². The van der Waals surface area contributed by atoms with E-state index < -0.39 is 6.36 Å². The number of carbonyl (C=O) groups excluding carboxylic acids is 1. The Morgan fingerprint density at radius 2 is 1.91 bits per heavy atom. The number of nitrogens with one attached hydrogen (secondary N) is 1. The lowest BCUT2D eigenvalue weighted by Gasteiger charge is -2.13. The van der Waals surface area contributed by atoms with Crippen LogP contribution in [0.5, 0.6) is 11.5 Å². The number of ether oxygens (including phenoxy) is 2. The van der Waals surface area contributed by atoms with Crippen LogP contribution in [0.2, 0.25) is 0 Å². The van der Waals surface area contributed by atoms with Crippen molar-refractivity contribution in [2.24, 2.45) is 0 Å². The quantitative estimate of drug-likeness (QED) is 0.380. The average molecular weight is 475 g/mol. The number of halogens is 3. The van der Waals surface area contributed by atoms with Gasteiger partial charge in [-0.05, 0) is 37.3 Å². The number of nitrogens with zero attached hydrogens (tertiary/aromatic N) is 2. The Bertz CT molecular complexity index is 1250. The lowest BCUT2D eigenvalue weighted by molar-refractivity contribution is -0.274. The largest absolute Gasteiger partial charge is 0.573 e. The Kier molecular flexibility index (Phi) is 6.55. The van der Waals surface area contributed by atoms with Gasteiger partial charge in [-0.2, -0.15) is 0 Å². The second-order valence-electron chi connectivity index (χ2n) is 7.07. The number of alkyl halides is 3. The SMILES string of the molecule is CCOc1ccc(-c2cn3c(CC(=O)NCc4ccccc4OC(F)(F)F)csc3n2)cc1. The summed E-state index contributed by atoms with van der Waals surface area (Å²) >= 11 is 1.41. The number of thiazole rings is 1. The Morgan fingerprint density at radius 3 is 2.64 bits per heavy atom. The average Bonchev–Trinajstić information content (AvgIpc) is 3.35. The van der Waals surface area contributed by atoms with E-state index in [4.69, 9.17) is 4.74 Å². The first-order chi connectivity index (χ1) is 15.8. The highest BCUT2D eigenvalue weighted by molar-refractivity contribution is 7.15. The molecule has 4 aromatic rings. The molecule has 2 aromatic heterocycles. The maximum atomic E-state index is 12.6. The molecule has 0 aliphatic rings. The van der Waals surface area contributed by atoms with Gasteiger partial charge in [0.05, 0.1) is 18.7 Å². The lowest BCUT2D eigenvalue weighted by atomic mass is 10.1. The highest BCUT2D eigenvalue weighted by atomic mass is 32.1. The number of amides is 1. The molecule has 6 nitrogen and oxygen atoms in total. The molecule has 1 amide bonds. The summed E-state index contributed by atoms with van der Waals surface area (Å²) in [5.74, 6) is 0.118. The van der Waals surface area contributed by atoms with Gasteiger partial charge in [-0.15, -0.1) is 24.5 Å². The van der Waals surface area contributed by atoms with Gasteiger partial charge < -0.3 is 14.8 Å². The minimum absolute atomic E-state index is 0.0569. The summed E-state index contributed by atoms with van der Waals surface area (Å²) in [4.78, 5) is 17.8. The first-order valence-electron chi connectivity index (χ1n) is 10.1. The number of benzene rings is 2. The summed E-state index contributed by atoms with van der Waals surface area (Å²) in [6.45, 7) is 2.43. The van der Waals surface area contributed by atoms with Gasteiger partial charge in [0.2, 0.25) is 5.91 Å². The molecule has 0 unspecified atom stereocenters. The van der Waals surface area contributed by atoms with E-state index in [1.807, 2.05) is 47.2 Å². The first kappa shape index (κ1) is 22.7. The molecule has 0 atom stereocenters. The fourth-order valence-corrected chi connectivity index (χ4v) is 4.15. The van der Waals surface area contributed by atoms with Gasteiger partial charge in [0.1, 0.15) is 11.5 Å². The van der Waals surface area contributed by atoms with Crippen molar-refractivity contribution in [2.45, 2.75) is 26.3 Å². The van der Waals surface area contributed by atoms with Gasteiger partial charge in [0, 0.05) is 34.9 Å². The van der Waals surface area contributed by atoms with Crippen molar-refractivity contribution in [3.63, 3.8) is 0 Å². The maximum absolute atomic E-state index is 12.6. The standard InChI is InChI=1S/C23H20F3N3O3S/c1-2-31-18-9-7-15(8-10-18)19-13-29-17(14-33-22(29)28-19)11-21(30)27-12-16-5-3-4-6-20(16)32-23(24,25)26/h3-10,13-14H,2,11-12H2,1H3,(H,27,30). The number of carbonyl (C=O) groups is 1.